The van der Waals surface area contributed by atoms with E-state index in [-0.39, 0.29) is 0 Å². The highest BCUT2D eigenvalue weighted by molar-refractivity contribution is 5.98. The lowest BCUT2D eigenvalue weighted by Crippen LogP contribution is -1.99. The summed E-state index contributed by atoms with van der Waals surface area (Å²) in [6, 6.07) is 29.8. The molecule has 0 aliphatic rings. The Kier molecular flexibility index (Phi) is 4.92. The van der Waals surface area contributed by atoms with Crippen molar-refractivity contribution in [3.63, 3.8) is 0 Å². The Morgan fingerprint density at radius 3 is 2.58 bits per heavy atom. The quantitative estimate of drug-likeness (QED) is 0.332. The topological polar surface area (TPSA) is 59.0 Å². The van der Waals surface area contributed by atoms with Crippen molar-refractivity contribution in [1.29, 1.82) is 5.26 Å². The van der Waals surface area contributed by atoms with Crippen molar-refractivity contribution in [2.24, 2.45) is 0 Å². The van der Waals surface area contributed by atoms with Crippen LogP contribution >= 0.6 is 0 Å². The highest BCUT2D eigenvalue weighted by atomic mass is 16.5. The smallest absolute Gasteiger partial charge is 0.130 e. The Labute approximate surface area is 180 Å². The molecule has 0 unspecified atom stereocenters. The molecule has 3 aromatic carbocycles. The molecule has 0 aliphatic carbocycles. The van der Waals surface area contributed by atoms with E-state index >= 15 is 0 Å². The van der Waals surface area contributed by atoms with Crippen molar-refractivity contribution in [3.8, 4) is 34.2 Å². The van der Waals surface area contributed by atoms with Gasteiger partial charge in [-0.05, 0) is 58.8 Å². The van der Waals surface area contributed by atoms with Crippen LogP contribution in [0.25, 0.3) is 33.2 Å². The van der Waals surface area contributed by atoms with E-state index in [0.717, 1.165) is 44.6 Å². The predicted octanol–water partition coefficient (Wildman–Crippen LogP) is 6.61. The minimum atomic E-state index is 0.360. The van der Waals surface area contributed by atoms with Gasteiger partial charge < -0.3 is 9.15 Å². The fourth-order valence-electron chi connectivity index (χ4n) is 3.65. The summed E-state index contributed by atoms with van der Waals surface area (Å²) in [7, 11) is 0. The Bertz CT molecular complexity index is 1380. The van der Waals surface area contributed by atoms with Crippen LogP contribution in [0.3, 0.4) is 0 Å². The van der Waals surface area contributed by atoms with Gasteiger partial charge in [0.05, 0.1) is 35.5 Å². The molecule has 4 heteroatoms. The van der Waals surface area contributed by atoms with E-state index in [1.165, 1.54) is 0 Å². The number of nitriles is 1. The number of benzene rings is 3. The molecule has 0 aliphatic heterocycles. The van der Waals surface area contributed by atoms with E-state index in [0.29, 0.717) is 12.2 Å². The van der Waals surface area contributed by atoms with Crippen molar-refractivity contribution in [1.82, 2.24) is 4.98 Å². The highest BCUT2D eigenvalue weighted by Gasteiger charge is 2.09. The van der Waals surface area contributed by atoms with E-state index in [1.54, 1.807) is 12.5 Å². The van der Waals surface area contributed by atoms with Gasteiger partial charge in [-0.2, -0.15) is 5.26 Å². The van der Waals surface area contributed by atoms with Crippen molar-refractivity contribution in [3.05, 3.63) is 109 Å². The Morgan fingerprint density at radius 1 is 0.871 bits per heavy atom. The van der Waals surface area contributed by atoms with Crippen LogP contribution in [0.4, 0.5) is 0 Å². The second-order valence-electron chi connectivity index (χ2n) is 7.20. The Hall–Kier alpha value is -4.36. The van der Waals surface area contributed by atoms with Crippen molar-refractivity contribution in [2.75, 3.05) is 0 Å². The van der Waals surface area contributed by atoms with Gasteiger partial charge in [0.2, 0.25) is 0 Å². The normalized spacial score (nSPS) is 10.7. The Balaban J connectivity index is 1.42. The van der Waals surface area contributed by atoms with Crippen LogP contribution in [-0.2, 0) is 6.61 Å². The molecule has 0 amide bonds. The molecule has 4 nitrogen and oxygen atoms in total. The van der Waals surface area contributed by atoms with Crippen LogP contribution < -0.4 is 4.74 Å². The van der Waals surface area contributed by atoms with Gasteiger partial charge in [0.25, 0.3) is 0 Å². The first kappa shape index (κ1) is 18.7. The largest absolute Gasteiger partial charge is 0.487 e. The molecule has 148 valence electrons. The first-order valence-corrected chi connectivity index (χ1v) is 9.95. The standard InChI is InChI=1S/C27H18N2O2/c28-16-19-13-22-15-24(9-10-25(22)26(14-19)21-11-12-30-17-21)31-18-23-7-4-8-27(29-23)20-5-2-1-3-6-20/h1-15,17H,18H2. The molecule has 2 aromatic heterocycles. The van der Waals surface area contributed by atoms with Gasteiger partial charge in [-0.25, -0.2) is 4.98 Å². The minimum Gasteiger partial charge on any atom is -0.487 e. The van der Waals surface area contributed by atoms with Gasteiger partial charge in [0.1, 0.15) is 12.4 Å². The molecule has 0 saturated heterocycles. The van der Waals surface area contributed by atoms with E-state index in [4.69, 9.17) is 14.1 Å². The molecule has 0 radical (unpaired) electrons. The zero-order chi connectivity index (χ0) is 21.0. The van der Waals surface area contributed by atoms with Gasteiger partial charge in [0.15, 0.2) is 0 Å². The first-order valence-electron chi connectivity index (χ1n) is 9.95. The zero-order valence-corrected chi connectivity index (χ0v) is 16.7. The van der Waals surface area contributed by atoms with Crippen molar-refractivity contribution in [2.45, 2.75) is 6.61 Å². The van der Waals surface area contributed by atoms with Crippen LogP contribution in [-0.4, -0.2) is 4.98 Å². The van der Waals surface area contributed by atoms with Gasteiger partial charge in [-0.1, -0.05) is 42.5 Å². The number of hydrogen-bond donors (Lipinski definition) is 0. The summed E-state index contributed by atoms with van der Waals surface area (Å²) in [4.78, 5) is 4.72. The number of furan rings is 1. The zero-order valence-electron chi connectivity index (χ0n) is 16.7. The van der Waals surface area contributed by atoms with Crippen LogP contribution in [0.15, 0.2) is 102 Å². The van der Waals surface area contributed by atoms with Gasteiger partial charge in [-0.15, -0.1) is 0 Å². The van der Waals surface area contributed by atoms with E-state index in [2.05, 4.69) is 6.07 Å². The third kappa shape index (κ3) is 3.90. The van der Waals surface area contributed by atoms with Gasteiger partial charge >= 0.3 is 0 Å². The summed E-state index contributed by atoms with van der Waals surface area (Å²) in [6.45, 7) is 0.360. The molecule has 0 bridgehead atoms. The SMILES string of the molecule is N#Cc1cc(-c2ccoc2)c2ccc(OCc3cccc(-c4ccccc4)n3)cc2c1. The van der Waals surface area contributed by atoms with Crippen LogP contribution in [0.1, 0.15) is 11.3 Å². The molecular formula is C27H18N2O2. The molecule has 0 spiro atoms. The lowest BCUT2D eigenvalue weighted by molar-refractivity contribution is 0.302. The maximum atomic E-state index is 9.45. The van der Waals surface area contributed by atoms with E-state index in [1.807, 2.05) is 84.9 Å². The average Bonchev–Trinajstić information content (AvgIpc) is 3.37. The third-order valence-corrected chi connectivity index (χ3v) is 5.15. The molecule has 0 atom stereocenters. The lowest BCUT2D eigenvalue weighted by Gasteiger charge is -2.10. The maximum Gasteiger partial charge on any atom is 0.130 e. The molecule has 31 heavy (non-hydrogen) atoms. The highest BCUT2D eigenvalue weighted by Crippen LogP contribution is 2.33. The molecule has 5 aromatic rings. The molecule has 2 heterocycles. The summed E-state index contributed by atoms with van der Waals surface area (Å²) < 4.78 is 11.3. The number of hydrogen-bond acceptors (Lipinski definition) is 4. The molecular weight excluding hydrogens is 384 g/mol. The number of aromatic nitrogens is 1. The van der Waals surface area contributed by atoms with Gasteiger partial charge in [-0.3, -0.25) is 0 Å². The third-order valence-electron chi connectivity index (χ3n) is 5.15. The van der Waals surface area contributed by atoms with Crippen LogP contribution in [0, 0.1) is 11.3 Å². The fourth-order valence-corrected chi connectivity index (χ4v) is 3.65. The second kappa shape index (κ2) is 8.17. The monoisotopic (exact) mass is 402 g/mol. The number of nitrogens with zero attached hydrogens (tertiary/aromatic N) is 2. The minimum absolute atomic E-state index is 0.360. The second-order valence-corrected chi connectivity index (χ2v) is 7.20. The number of fused-ring (bicyclic) bond motifs is 1. The Morgan fingerprint density at radius 2 is 1.77 bits per heavy atom. The lowest BCUT2D eigenvalue weighted by atomic mass is 9.97. The molecule has 5 rings (SSSR count). The summed E-state index contributed by atoms with van der Waals surface area (Å²) >= 11 is 0. The molecule has 0 saturated carbocycles. The van der Waals surface area contributed by atoms with Crippen LogP contribution in [0.5, 0.6) is 5.75 Å². The fraction of sp³-hybridized carbons (Fsp3) is 0.0370. The number of rotatable bonds is 5. The molecule has 0 fully saturated rings. The predicted molar refractivity (Wildman–Crippen MR) is 120 cm³/mol. The number of pyridine rings is 1. The molecule has 0 N–H and O–H groups in total. The summed E-state index contributed by atoms with van der Waals surface area (Å²) in [5.41, 5.74) is 5.35. The van der Waals surface area contributed by atoms with Crippen molar-refractivity contribution >= 4 is 10.8 Å². The number of ether oxygens (including phenoxy) is 1. The van der Waals surface area contributed by atoms with E-state index in [9.17, 15) is 5.26 Å². The van der Waals surface area contributed by atoms with E-state index < -0.39 is 0 Å². The van der Waals surface area contributed by atoms with Crippen LogP contribution in [0.2, 0.25) is 0 Å². The average molecular weight is 402 g/mol. The first-order chi connectivity index (χ1) is 15.3. The summed E-state index contributed by atoms with van der Waals surface area (Å²) in [5.74, 6) is 0.729. The summed E-state index contributed by atoms with van der Waals surface area (Å²) in [5, 5.41) is 11.4. The summed E-state index contributed by atoms with van der Waals surface area (Å²) in [6.07, 6.45) is 3.32. The van der Waals surface area contributed by atoms with Crippen molar-refractivity contribution < 1.29 is 9.15 Å². The maximum absolute atomic E-state index is 9.45. The van der Waals surface area contributed by atoms with Gasteiger partial charge in [0, 0.05) is 11.1 Å².